The van der Waals surface area contributed by atoms with Gasteiger partial charge in [-0.25, -0.2) is 4.39 Å². The number of aromatic nitrogens is 4. The molecule has 43 heavy (non-hydrogen) atoms. The number of hydrogen-bond acceptors (Lipinski definition) is 8. The molecule has 1 atom stereocenters. The van der Waals surface area contributed by atoms with Crippen LogP contribution in [0.3, 0.4) is 0 Å². The van der Waals surface area contributed by atoms with E-state index in [1.54, 1.807) is 36.3 Å². The third kappa shape index (κ3) is 8.35. The lowest BCUT2D eigenvalue weighted by atomic mass is 9.94. The molecule has 1 saturated carbocycles. The first-order valence-electron chi connectivity index (χ1n) is 15.1. The van der Waals surface area contributed by atoms with E-state index in [4.69, 9.17) is 9.47 Å². The van der Waals surface area contributed by atoms with E-state index in [1.165, 1.54) is 16.9 Å². The van der Waals surface area contributed by atoms with E-state index >= 15 is 0 Å². The Balaban J connectivity index is 1.38. The van der Waals surface area contributed by atoms with E-state index in [0.29, 0.717) is 43.3 Å². The van der Waals surface area contributed by atoms with Crippen molar-refractivity contribution in [2.24, 2.45) is 0 Å². The van der Waals surface area contributed by atoms with Gasteiger partial charge in [0, 0.05) is 37.8 Å². The molecule has 0 unspecified atom stereocenters. The first kappa shape index (κ1) is 30.6. The minimum Gasteiger partial charge on any atom is -0.497 e. The molecule has 230 valence electrons. The monoisotopic (exact) mass is 593 g/mol. The molecule has 2 fully saturated rings. The highest BCUT2D eigenvalue weighted by atomic mass is 19.1. The molecule has 2 heterocycles. The molecule has 1 N–H and O–H groups in total. The fourth-order valence-electron chi connectivity index (χ4n) is 5.71. The molecule has 0 bridgehead atoms. The van der Waals surface area contributed by atoms with E-state index in [9.17, 15) is 14.0 Å². The van der Waals surface area contributed by atoms with Gasteiger partial charge in [0.05, 0.1) is 20.3 Å². The number of halogens is 1. The molecule has 1 aromatic heterocycles. The molecule has 2 amide bonds. The SMILES string of the molecule is COc1ccc(-c2nnn(CC(=O)N(CCCN3CCOCC3)[C@H](C(=O)NC3CCCCC3)c3ccc(F)cc3)n2)cc1. The van der Waals surface area contributed by atoms with Crippen molar-refractivity contribution in [3.8, 4) is 17.1 Å². The number of nitrogens with one attached hydrogen (secondary N) is 1. The van der Waals surface area contributed by atoms with E-state index in [0.717, 1.165) is 57.3 Å². The van der Waals surface area contributed by atoms with Gasteiger partial charge in [-0.15, -0.1) is 10.2 Å². The Morgan fingerprint density at radius 3 is 2.49 bits per heavy atom. The van der Waals surface area contributed by atoms with Crippen LogP contribution in [-0.4, -0.2) is 94.4 Å². The van der Waals surface area contributed by atoms with Gasteiger partial charge in [0.2, 0.25) is 17.6 Å². The number of rotatable bonds is 12. The summed E-state index contributed by atoms with van der Waals surface area (Å²) >= 11 is 0. The fourth-order valence-corrected chi connectivity index (χ4v) is 5.71. The van der Waals surface area contributed by atoms with E-state index < -0.39 is 11.9 Å². The zero-order valence-corrected chi connectivity index (χ0v) is 24.7. The number of benzene rings is 2. The molecule has 12 heteroatoms. The van der Waals surface area contributed by atoms with Crippen LogP contribution in [0.4, 0.5) is 4.39 Å². The third-order valence-corrected chi connectivity index (χ3v) is 8.07. The lowest BCUT2D eigenvalue weighted by molar-refractivity contribution is -0.142. The number of amides is 2. The summed E-state index contributed by atoms with van der Waals surface area (Å²) in [7, 11) is 1.59. The highest BCUT2D eigenvalue weighted by Gasteiger charge is 2.33. The van der Waals surface area contributed by atoms with Crippen LogP contribution < -0.4 is 10.1 Å². The van der Waals surface area contributed by atoms with Gasteiger partial charge in [0.25, 0.3) is 0 Å². The molecule has 1 saturated heterocycles. The predicted octanol–water partition coefficient (Wildman–Crippen LogP) is 3.23. The number of hydrogen-bond donors (Lipinski definition) is 1. The van der Waals surface area contributed by atoms with Crippen molar-refractivity contribution in [2.75, 3.05) is 46.5 Å². The summed E-state index contributed by atoms with van der Waals surface area (Å²) in [6.07, 6.45) is 5.74. The van der Waals surface area contributed by atoms with Gasteiger partial charge in [-0.3, -0.25) is 14.5 Å². The molecule has 0 radical (unpaired) electrons. The molecular formula is C31H40FN7O4. The molecule has 3 aromatic rings. The maximum Gasteiger partial charge on any atom is 0.247 e. The molecule has 1 aliphatic heterocycles. The second kappa shape index (κ2) is 15.0. The molecule has 5 rings (SSSR count). The molecular weight excluding hydrogens is 553 g/mol. The van der Waals surface area contributed by atoms with Gasteiger partial charge in [-0.05, 0) is 66.4 Å². The van der Waals surface area contributed by atoms with Crippen molar-refractivity contribution in [2.45, 2.75) is 57.2 Å². The van der Waals surface area contributed by atoms with E-state index in [2.05, 4.69) is 25.6 Å². The average molecular weight is 594 g/mol. The molecule has 1 aliphatic carbocycles. The Bertz CT molecular complexity index is 1320. The summed E-state index contributed by atoms with van der Waals surface area (Å²) in [4.78, 5) is 33.0. The standard InChI is InChI=1S/C31H40FN7O4/c1-42-27-14-10-24(11-15-27)30-34-36-39(35-30)22-28(40)38(17-5-16-37-18-20-43-21-19-37)29(23-8-12-25(32)13-9-23)31(41)33-26-6-3-2-4-7-26/h8-15,26,29H,2-7,16-22H2,1H3,(H,33,41)/t29-/m0/s1. The largest absolute Gasteiger partial charge is 0.497 e. The Hall–Kier alpha value is -3.90. The van der Waals surface area contributed by atoms with Crippen LogP contribution in [0.1, 0.15) is 50.1 Å². The van der Waals surface area contributed by atoms with Crippen LogP contribution in [0.2, 0.25) is 0 Å². The summed E-state index contributed by atoms with van der Waals surface area (Å²) < 4.78 is 24.6. The number of tetrazole rings is 1. The van der Waals surface area contributed by atoms with Crippen LogP contribution in [0.25, 0.3) is 11.4 Å². The number of morpholine rings is 1. The summed E-state index contributed by atoms with van der Waals surface area (Å²) in [6, 6.07) is 12.2. The van der Waals surface area contributed by atoms with Crippen LogP contribution in [0, 0.1) is 5.82 Å². The maximum absolute atomic E-state index is 14.0. The zero-order valence-electron chi connectivity index (χ0n) is 24.7. The van der Waals surface area contributed by atoms with Crippen molar-refractivity contribution in [1.82, 2.24) is 35.3 Å². The van der Waals surface area contributed by atoms with E-state index in [-0.39, 0.29) is 24.4 Å². The minimum absolute atomic E-state index is 0.0542. The zero-order chi connectivity index (χ0) is 30.0. The maximum atomic E-state index is 14.0. The quantitative estimate of drug-likeness (QED) is 0.341. The van der Waals surface area contributed by atoms with Crippen LogP contribution in [0.5, 0.6) is 5.75 Å². The van der Waals surface area contributed by atoms with Crippen LogP contribution in [-0.2, 0) is 20.9 Å². The van der Waals surface area contributed by atoms with Crippen molar-refractivity contribution in [3.63, 3.8) is 0 Å². The van der Waals surface area contributed by atoms with Crippen molar-refractivity contribution >= 4 is 11.8 Å². The Kier molecular flexibility index (Phi) is 10.7. The van der Waals surface area contributed by atoms with Gasteiger partial charge in [0.1, 0.15) is 24.2 Å². The third-order valence-electron chi connectivity index (χ3n) is 8.07. The first-order valence-corrected chi connectivity index (χ1v) is 15.1. The number of methoxy groups -OCH3 is 1. The van der Waals surface area contributed by atoms with Gasteiger partial charge in [-0.1, -0.05) is 31.4 Å². The highest BCUT2D eigenvalue weighted by molar-refractivity contribution is 5.89. The number of carbonyl (C=O) groups is 2. The fraction of sp³-hybridized carbons (Fsp3) is 0.516. The smallest absolute Gasteiger partial charge is 0.247 e. The molecule has 2 aliphatic rings. The second-order valence-corrected chi connectivity index (χ2v) is 11.1. The number of ether oxygens (including phenoxy) is 2. The van der Waals surface area contributed by atoms with Gasteiger partial charge in [-0.2, -0.15) is 4.80 Å². The summed E-state index contributed by atoms with van der Waals surface area (Å²) in [6.45, 7) is 3.91. The van der Waals surface area contributed by atoms with Crippen LogP contribution in [0.15, 0.2) is 48.5 Å². The van der Waals surface area contributed by atoms with Crippen LogP contribution >= 0.6 is 0 Å². The van der Waals surface area contributed by atoms with Crippen molar-refractivity contribution < 1.29 is 23.5 Å². The Morgan fingerprint density at radius 1 is 1.07 bits per heavy atom. The predicted molar refractivity (Wildman–Crippen MR) is 158 cm³/mol. The number of carbonyl (C=O) groups excluding carboxylic acids is 2. The Labute approximate surface area is 251 Å². The lowest BCUT2D eigenvalue weighted by Gasteiger charge is -2.34. The van der Waals surface area contributed by atoms with Crippen molar-refractivity contribution in [1.29, 1.82) is 0 Å². The van der Waals surface area contributed by atoms with Gasteiger partial charge < -0.3 is 19.7 Å². The summed E-state index contributed by atoms with van der Waals surface area (Å²) in [5.41, 5.74) is 1.29. The molecule has 2 aromatic carbocycles. The first-order chi connectivity index (χ1) is 21.0. The normalized spacial score (nSPS) is 16.9. The topological polar surface area (TPSA) is 115 Å². The van der Waals surface area contributed by atoms with E-state index in [1.807, 2.05) is 12.1 Å². The van der Waals surface area contributed by atoms with Gasteiger partial charge in [0.15, 0.2) is 0 Å². The second-order valence-electron chi connectivity index (χ2n) is 11.1. The summed E-state index contributed by atoms with van der Waals surface area (Å²) in [5, 5.41) is 15.9. The minimum atomic E-state index is -0.927. The highest BCUT2D eigenvalue weighted by Crippen LogP contribution is 2.25. The van der Waals surface area contributed by atoms with Crippen molar-refractivity contribution in [3.05, 3.63) is 59.9 Å². The summed E-state index contributed by atoms with van der Waals surface area (Å²) in [5.74, 6) is 0.0903. The molecule has 0 spiro atoms. The number of nitrogens with zero attached hydrogens (tertiary/aromatic N) is 6. The lowest BCUT2D eigenvalue weighted by Crippen LogP contribution is -2.48. The molecule has 11 nitrogen and oxygen atoms in total. The van der Waals surface area contributed by atoms with Gasteiger partial charge >= 0.3 is 0 Å². The average Bonchev–Trinajstić information content (AvgIpc) is 3.50. The Morgan fingerprint density at radius 2 is 1.79 bits per heavy atom.